The van der Waals surface area contributed by atoms with Gasteiger partial charge in [-0.1, -0.05) is 0 Å². The SMILES string of the molecule is CN=C/C(=C\N)c1cc(OC2=CCCN(C)C2)c2c(Nc3ccc4c(c3)SCN4)ncnc2c1. The molecule has 8 nitrogen and oxygen atoms in total. The van der Waals surface area contributed by atoms with Gasteiger partial charge in [-0.05, 0) is 55.4 Å². The fourth-order valence-corrected chi connectivity index (χ4v) is 5.00. The molecule has 4 N–H and O–H groups in total. The van der Waals surface area contributed by atoms with Crippen molar-refractivity contribution in [3.05, 3.63) is 60.3 Å². The molecule has 1 aromatic heterocycles. The maximum Gasteiger partial charge on any atom is 0.145 e. The minimum atomic E-state index is 0.679. The second-order valence-electron chi connectivity index (χ2n) is 8.20. The average Bonchev–Trinajstić information content (AvgIpc) is 3.30. The van der Waals surface area contributed by atoms with E-state index in [-0.39, 0.29) is 0 Å². The van der Waals surface area contributed by atoms with Crippen LogP contribution in [0.5, 0.6) is 5.75 Å². The van der Waals surface area contributed by atoms with E-state index in [0.29, 0.717) is 11.6 Å². The van der Waals surface area contributed by atoms with Crippen LogP contribution in [0.4, 0.5) is 17.2 Å². The summed E-state index contributed by atoms with van der Waals surface area (Å²) in [5, 5.41) is 7.66. The molecule has 0 saturated carbocycles. The zero-order valence-corrected chi connectivity index (χ0v) is 20.0. The lowest BCUT2D eigenvalue weighted by atomic mass is 10.0. The molecule has 3 heterocycles. The summed E-state index contributed by atoms with van der Waals surface area (Å²) in [6, 6.07) is 10.2. The predicted octanol–water partition coefficient (Wildman–Crippen LogP) is 4.45. The summed E-state index contributed by atoms with van der Waals surface area (Å²) in [6.45, 7) is 1.76. The van der Waals surface area contributed by atoms with Crippen LogP contribution < -0.4 is 21.1 Å². The molecule has 0 saturated heterocycles. The van der Waals surface area contributed by atoms with Crippen molar-refractivity contribution in [3.63, 3.8) is 0 Å². The van der Waals surface area contributed by atoms with Crippen LogP contribution in [0.3, 0.4) is 0 Å². The molecule has 9 heteroatoms. The van der Waals surface area contributed by atoms with Crippen LogP contribution >= 0.6 is 11.8 Å². The van der Waals surface area contributed by atoms with Crippen molar-refractivity contribution in [2.24, 2.45) is 10.7 Å². The molecular formula is C25H27N7OS. The lowest BCUT2D eigenvalue weighted by Crippen LogP contribution is -2.27. The Kier molecular flexibility index (Phi) is 6.37. The summed E-state index contributed by atoms with van der Waals surface area (Å²) in [4.78, 5) is 16.7. The first-order valence-electron chi connectivity index (χ1n) is 11.1. The highest BCUT2D eigenvalue weighted by Gasteiger charge is 2.18. The maximum atomic E-state index is 6.48. The van der Waals surface area contributed by atoms with Crippen LogP contribution in [0.25, 0.3) is 16.5 Å². The van der Waals surface area contributed by atoms with E-state index in [2.05, 4.69) is 55.8 Å². The number of aliphatic imine (C=N–C) groups is 1. The molecule has 2 aromatic carbocycles. The third kappa shape index (κ3) is 4.57. The van der Waals surface area contributed by atoms with Crippen LogP contribution in [0.1, 0.15) is 12.0 Å². The molecule has 0 bridgehead atoms. The highest BCUT2D eigenvalue weighted by molar-refractivity contribution is 7.99. The molecule has 174 valence electrons. The molecule has 0 aliphatic carbocycles. The average molecular weight is 474 g/mol. The predicted molar refractivity (Wildman–Crippen MR) is 141 cm³/mol. The van der Waals surface area contributed by atoms with Gasteiger partial charge in [-0.15, -0.1) is 11.8 Å². The molecule has 34 heavy (non-hydrogen) atoms. The number of nitrogens with two attached hydrogens (primary N) is 1. The van der Waals surface area contributed by atoms with Crippen molar-refractivity contribution < 1.29 is 4.74 Å². The van der Waals surface area contributed by atoms with E-state index in [1.165, 1.54) is 4.90 Å². The van der Waals surface area contributed by atoms with Crippen molar-refractivity contribution in [3.8, 4) is 5.75 Å². The van der Waals surface area contributed by atoms with Crippen molar-refractivity contribution in [2.45, 2.75) is 11.3 Å². The smallest absolute Gasteiger partial charge is 0.145 e. The zero-order chi connectivity index (χ0) is 23.5. The van der Waals surface area contributed by atoms with Crippen molar-refractivity contribution in [1.82, 2.24) is 14.9 Å². The van der Waals surface area contributed by atoms with Gasteiger partial charge in [0.15, 0.2) is 0 Å². The molecule has 5 rings (SSSR count). The third-order valence-corrected chi connectivity index (χ3v) is 6.70. The van der Waals surface area contributed by atoms with Gasteiger partial charge in [0.05, 0.1) is 23.3 Å². The van der Waals surface area contributed by atoms with Crippen LogP contribution in [0.2, 0.25) is 0 Å². The first kappa shape index (κ1) is 22.2. The molecule has 2 aliphatic heterocycles. The van der Waals surface area contributed by atoms with Gasteiger partial charge in [0.2, 0.25) is 0 Å². The Morgan fingerprint density at radius 2 is 2.21 bits per heavy atom. The molecular weight excluding hydrogens is 446 g/mol. The summed E-state index contributed by atoms with van der Waals surface area (Å²) in [5.74, 6) is 3.16. The number of hydrogen-bond donors (Lipinski definition) is 3. The highest BCUT2D eigenvalue weighted by atomic mass is 32.2. The number of hydrogen-bond acceptors (Lipinski definition) is 9. The number of ether oxygens (including phenoxy) is 1. The maximum absolute atomic E-state index is 6.48. The number of allylic oxidation sites excluding steroid dienone is 1. The minimum Gasteiger partial charge on any atom is -0.460 e. The van der Waals surface area contributed by atoms with E-state index in [0.717, 1.165) is 64.6 Å². The molecule has 0 amide bonds. The van der Waals surface area contributed by atoms with Gasteiger partial charge >= 0.3 is 0 Å². The normalized spacial score (nSPS) is 16.4. The molecule has 0 unspecified atom stereocenters. The number of nitrogens with one attached hydrogen (secondary N) is 2. The zero-order valence-electron chi connectivity index (χ0n) is 19.2. The molecule has 0 spiro atoms. The van der Waals surface area contributed by atoms with Gasteiger partial charge in [-0.2, -0.15) is 0 Å². The van der Waals surface area contributed by atoms with Gasteiger partial charge in [-0.3, -0.25) is 9.89 Å². The largest absolute Gasteiger partial charge is 0.460 e. The van der Waals surface area contributed by atoms with E-state index < -0.39 is 0 Å². The second-order valence-corrected chi connectivity index (χ2v) is 9.22. The summed E-state index contributed by atoms with van der Waals surface area (Å²) < 4.78 is 6.48. The van der Waals surface area contributed by atoms with E-state index in [1.54, 1.807) is 37.6 Å². The first-order chi connectivity index (χ1) is 16.6. The quantitative estimate of drug-likeness (QED) is 0.452. The van der Waals surface area contributed by atoms with Crippen LogP contribution in [0, 0.1) is 0 Å². The van der Waals surface area contributed by atoms with Crippen LogP contribution in [-0.4, -0.2) is 54.1 Å². The highest BCUT2D eigenvalue weighted by Crippen LogP contribution is 2.39. The van der Waals surface area contributed by atoms with Crippen molar-refractivity contribution in [2.75, 3.05) is 43.7 Å². The minimum absolute atomic E-state index is 0.679. The van der Waals surface area contributed by atoms with Gasteiger partial charge in [0.1, 0.15) is 23.7 Å². The van der Waals surface area contributed by atoms with Gasteiger partial charge in [-0.25, -0.2) is 9.97 Å². The number of nitrogens with zero attached hydrogens (tertiary/aromatic N) is 4. The molecule has 0 atom stereocenters. The van der Waals surface area contributed by atoms with E-state index >= 15 is 0 Å². The van der Waals surface area contributed by atoms with Gasteiger partial charge < -0.3 is 21.1 Å². The van der Waals surface area contributed by atoms with Gasteiger partial charge in [0.25, 0.3) is 0 Å². The number of fused-ring (bicyclic) bond motifs is 2. The van der Waals surface area contributed by atoms with E-state index in [9.17, 15) is 0 Å². The molecule has 3 aromatic rings. The third-order valence-electron chi connectivity index (χ3n) is 5.77. The molecule has 0 fully saturated rings. The molecule has 0 radical (unpaired) electrons. The van der Waals surface area contributed by atoms with E-state index in [4.69, 9.17) is 10.5 Å². The Labute approximate surface area is 203 Å². The monoisotopic (exact) mass is 473 g/mol. The summed E-state index contributed by atoms with van der Waals surface area (Å²) in [7, 11) is 3.81. The number of rotatable bonds is 6. The Bertz CT molecular complexity index is 1320. The Balaban J connectivity index is 1.61. The Hall–Kier alpha value is -3.56. The standard InChI is InChI=1S/C25H27N7OS/c1-27-12-17(11-26)16-8-21-24(22(9-16)33-19-4-3-7-32(2)13-19)25(29-14-28-21)31-18-5-6-20-23(10-18)34-15-30-20/h4-6,8-12,14,30H,3,7,13,15,26H2,1-2H3,(H,28,29,31)/b17-11+,27-12?. The summed E-state index contributed by atoms with van der Waals surface area (Å²) in [5.41, 5.74) is 10.4. The molecule has 2 aliphatic rings. The summed E-state index contributed by atoms with van der Waals surface area (Å²) >= 11 is 1.78. The summed E-state index contributed by atoms with van der Waals surface area (Å²) in [6.07, 6.45) is 7.93. The number of aromatic nitrogens is 2. The van der Waals surface area contributed by atoms with Gasteiger partial charge in [0, 0.05) is 47.9 Å². The van der Waals surface area contributed by atoms with E-state index in [1.807, 2.05) is 18.2 Å². The number of benzene rings is 2. The topological polar surface area (TPSA) is 101 Å². The van der Waals surface area contributed by atoms with Crippen molar-refractivity contribution >= 4 is 51.6 Å². The van der Waals surface area contributed by atoms with Crippen LogP contribution in [0.15, 0.2) is 64.6 Å². The first-order valence-corrected chi connectivity index (χ1v) is 12.1. The fourth-order valence-electron chi connectivity index (χ4n) is 4.11. The van der Waals surface area contributed by atoms with Crippen molar-refractivity contribution in [1.29, 1.82) is 0 Å². The Morgan fingerprint density at radius 3 is 3.03 bits per heavy atom. The Morgan fingerprint density at radius 1 is 1.29 bits per heavy atom. The number of likely N-dealkylation sites (N-methyl/N-ethyl adjacent to an activating group) is 1. The van der Waals surface area contributed by atoms with Crippen LogP contribution in [-0.2, 0) is 0 Å². The second kappa shape index (κ2) is 9.74. The number of thioether (sulfide) groups is 1. The lowest BCUT2D eigenvalue weighted by Gasteiger charge is -2.24. The number of anilines is 3. The lowest BCUT2D eigenvalue weighted by molar-refractivity contribution is 0.284. The fraction of sp³-hybridized carbons (Fsp3) is 0.240.